The van der Waals surface area contributed by atoms with E-state index in [4.69, 9.17) is 10.5 Å². The normalized spacial score (nSPS) is 14.1. The monoisotopic (exact) mass is 448 g/mol. The van der Waals surface area contributed by atoms with Gasteiger partial charge in [0, 0.05) is 38.4 Å². The summed E-state index contributed by atoms with van der Waals surface area (Å²) in [6.45, 7) is 6.35. The van der Waals surface area contributed by atoms with Gasteiger partial charge in [0.05, 0.1) is 41.6 Å². The van der Waals surface area contributed by atoms with Gasteiger partial charge < -0.3 is 30.9 Å². The number of para-hydroxylation sites is 2. The Labute approximate surface area is 192 Å². The summed E-state index contributed by atoms with van der Waals surface area (Å²) in [4.78, 5) is 29.7. The number of piperazine rings is 1. The van der Waals surface area contributed by atoms with Crippen LogP contribution in [0.5, 0.6) is 5.75 Å². The third-order valence-electron chi connectivity index (χ3n) is 5.37. The molecule has 10 nitrogen and oxygen atoms in total. The summed E-state index contributed by atoms with van der Waals surface area (Å²) in [6.07, 6.45) is 5.03. The summed E-state index contributed by atoms with van der Waals surface area (Å²) < 4.78 is 5.67. The number of carbonyl (C=O) groups excluding carboxylic acids is 1. The fourth-order valence-electron chi connectivity index (χ4n) is 3.55. The predicted octanol–water partition coefficient (Wildman–Crippen LogP) is 2.61. The molecular weight excluding hydrogens is 420 g/mol. The first-order valence-electron chi connectivity index (χ1n) is 10.8. The molecule has 0 spiro atoms. The molecule has 1 aliphatic heterocycles. The number of carbonyl (C=O) groups is 1. The van der Waals surface area contributed by atoms with Gasteiger partial charge in [0.2, 0.25) is 5.95 Å². The van der Waals surface area contributed by atoms with Crippen LogP contribution in [0.3, 0.4) is 0 Å². The van der Waals surface area contributed by atoms with E-state index in [0.717, 1.165) is 31.9 Å². The SMILES string of the molecule is CCOc1ccccc1Nc1cc(Nc2ncc(N3CCN(C)CC3)cn2)ncc1C(N)=O. The number of pyridine rings is 1. The molecule has 1 saturated heterocycles. The molecule has 0 radical (unpaired) electrons. The van der Waals surface area contributed by atoms with Crippen LogP contribution >= 0.6 is 0 Å². The second-order valence-corrected chi connectivity index (χ2v) is 7.71. The minimum atomic E-state index is -0.585. The summed E-state index contributed by atoms with van der Waals surface area (Å²) in [5.74, 6) is 0.972. The number of aromatic nitrogens is 3. The summed E-state index contributed by atoms with van der Waals surface area (Å²) in [5, 5.41) is 6.32. The van der Waals surface area contributed by atoms with Crippen LogP contribution in [-0.2, 0) is 0 Å². The molecule has 3 heterocycles. The van der Waals surface area contributed by atoms with Gasteiger partial charge in [-0.2, -0.15) is 0 Å². The maximum Gasteiger partial charge on any atom is 0.252 e. The van der Waals surface area contributed by atoms with Crippen LogP contribution in [0.2, 0.25) is 0 Å². The lowest BCUT2D eigenvalue weighted by molar-refractivity contribution is 0.100. The van der Waals surface area contributed by atoms with E-state index in [1.54, 1.807) is 18.5 Å². The number of nitrogens with one attached hydrogen (secondary N) is 2. The largest absolute Gasteiger partial charge is 0.492 e. The number of anilines is 5. The number of primary amides is 1. The average molecular weight is 449 g/mol. The van der Waals surface area contributed by atoms with Gasteiger partial charge in [0.1, 0.15) is 11.6 Å². The van der Waals surface area contributed by atoms with Crippen molar-refractivity contribution in [1.82, 2.24) is 19.9 Å². The highest BCUT2D eigenvalue weighted by molar-refractivity contribution is 5.99. The fraction of sp³-hybridized carbons (Fsp3) is 0.304. The maximum absolute atomic E-state index is 12.0. The van der Waals surface area contributed by atoms with Crippen molar-refractivity contribution in [2.75, 3.05) is 55.4 Å². The molecule has 0 aliphatic carbocycles. The zero-order valence-electron chi connectivity index (χ0n) is 18.8. The number of hydrogen-bond acceptors (Lipinski definition) is 9. The third kappa shape index (κ3) is 5.47. The molecule has 0 atom stereocenters. The molecule has 4 rings (SSSR count). The van der Waals surface area contributed by atoms with E-state index < -0.39 is 5.91 Å². The summed E-state index contributed by atoms with van der Waals surface area (Å²) in [6, 6.07) is 9.18. The molecule has 1 fully saturated rings. The number of rotatable bonds is 8. The van der Waals surface area contributed by atoms with Gasteiger partial charge >= 0.3 is 0 Å². The van der Waals surface area contributed by atoms with Crippen molar-refractivity contribution in [2.24, 2.45) is 5.73 Å². The first kappa shape index (κ1) is 22.3. The second kappa shape index (κ2) is 10.1. The first-order valence-corrected chi connectivity index (χ1v) is 10.8. The second-order valence-electron chi connectivity index (χ2n) is 7.71. The van der Waals surface area contributed by atoms with Crippen LogP contribution in [0.1, 0.15) is 17.3 Å². The van der Waals surface area contributed by atoms with Gasteiger partial charge in [-0.05, 0) is 26.1 Å². The highest BCUT2D eigenvalue weighted by Gasteiger charge is 2.16. The van der Waals surface area contributed by atoms with Gasteiger partial charge in [-0.1, -0.05) is 12.1 Å². The number of nitrogens with two attached hydrogens (primary N) is 1. The van der Waals surface area contributed by atoms with Crippen molar-refractivity contribution < 1.29 is 9.53 Å². The highest BCUT2D eigenvalue weighted by Crippen LogP contribution is 2.30. The Morgan fingerprint density at radius 3 is 2.45 bits per heavy atom. The van der Waals surface area contributed by atoms with Crippen molar-refractivity contribution in [3.05, 3.63) is 54.5 Å². The van der Waals surface area contributed by atoms with Crippen LogP contribution < -0.4 is 26.0 Å². The average Bonchev–Trinajstić information content (AvgIpc) is 2.82. The van der Waals surface area contributed by atoms with Gasteiger partial charge in [-0.15, -0.1) is 0 Å². The van der Waals surface area contributed by atoms with Crippen molar-refractivity contribution in [2.45, 2.75) is 6.92 Å². The molecule has 1 aromatic carbocycles. The number of nitrogens with zero attached hydrogens (tertiary/aromatic N) is 5. The van der Waals surface area contributed by atoms with E-state index in [1.165, 1.54) is 6.20 Å². The zero-order valence-corrected chi connectivity index (χ0v) is 18.8. The van der Waals surface area contributed by atoms with E-state index in [1.807, 2.05) is 31.2 Å². The number of benzene rings is 1. The molecule has 1 amide bonds. The van der Waals surface area contributed by atoms with Gasteiger partial charge in [0.25, 0.3) is 5.91 Å². The number of amides is 1. The highest BCUT2D eigenvalue weighted by atomic mass is 16.5. The number of likely N-dealkylation sites (N-methyl/N-ethyl adjacent to an activating group) is 1. The molecule has 0 saturated carbocycles. The number of hydrogen-bond donors (Lipinski definition) is 3. The number of ether oxygens (including phenoxy) is 1. The van der Waals surface area contributed by atoms with Crippen molar-refractivity contribution in [3.8, 4) is 5.75 Å². The minimum absolute atomic E-state index is 0.262. The molecule has 0 unspecified atom stereocenters. The molecule has 2 aromatic heterocycles. The van der Waals surface area contributed by atoms with Crippen LogP contribution in [-0.4, -0.2) is 65.6 Å². The predicted molar refractivity (Wildman–Crippen MR) is 129 cm³/mol. The fourth-order valence-corrected chi connectivity index (χ4v) is 3.55. The Kier molecular flexibility index (Phi) is 6.84. The molecule has 4 N–H and O–H groups in total. The van der Waals surface area contributed by atoms with E-state index in [-0.39, 0.29) is 5.56 Å². The topological polar surface area (TPSA) is 122 Å². The zero-order chi connectivity index (χ0) is 23.2. The van der Waals surface area contributed by atoms with Gasteiger partial charge in [-0.3, -0.25) is 4.79 Å². The lowest BCUT2D eigenvalue weighted by Gasteiger charge is -2.33. The van der Waals surface area contributed by atoms with Gasteiger partial charge in [0.15, 0.2) is 0 Å². The summed E-state index contributed by atoms with van der Waals surface area (Å²) >= 11 is 0. The Bertz CT molecular complexity index is 1100. The van der Waals surface area contributed by atoms with Crippen molar-refractivity contribution >= 4 is 34.7 Å². The molecular formula is C23H28N8O2. The third-order valence-corrected chi connectivity index (χ3v) is 5.37. The van der Waals surface area contributed by atoms with Crippen LogP contribution in [0.4, 0.5) is 28.8 Å². The van der Waals surface area contributed by atoms with Crippen LogP contribution in [0, 0.1) is 0 Å². The lowest BCUT2D eigenvalue weighted by Crippen LogP contribution is -2.44. The Morgan fingerprint density at radius 2 is 1.76 bits per heavy atom. The van der Waals surface area contributed by atoms with E-state index >= 15 is 0 Å². The smallest absolute Gasteiger partial charge is 0.252 e. The summed E-state index contributed by atoms with van der Waals surface area (Å²) in [5.41, 5.74) is 8.03. The molecule has 33 heavy (non-hydrogen) atoms. The molecule has 0 bridgehead atoms. The van der Waals surface area contributed by atoms with Crippen LogP contribution in [0.25, 0.3) is 0 Å². The molecule has 1 aliphatic rings. The lowest BCUT2D eigenvalue weighted by atomic mass is 10.2. The van der Waals surface area contributed by atoms with Crippen molar-refractivity contribution in [3.63, 3.8) is 0 Å². The molecule has 3 aromatic rings. The van der Waals surface area contributed by atoms with E-state index in [0.29, 0.717) is 35.5 Å². The van der Waals surface area contributed by atoms with Gasteiger partial charge in [-0.25, -0.2) is 15.0 Å². The Hall–Kier alpha value is -3.92. The Morgan fingerprint density at radius 1 is 1.03 bits per heavy atom. The standard InChI is InChI=1S/C23H28N8O2/c1-3-33-20-7-5-4-6-18(20)28-19-12-21(25-15-17(19)22(24)32)29-23-26-13-16(14-27-23)31-10-8-30(2)9-11-31/h4-7,12-15H,3,8-11H2,1-2H3,(H2,24,32)(H2,25,26,27,28,29). The summed E-state index contributed by atoms with van der Waals surface area (Å²) in [7, 11) is 2.12. The quantitative estimate of drug-likeness (QED) is 0.477. The van der Waals surface area contributed by atoms with Crippen molar-refractivity contribution in [1.29, 1.82) is 0 Å². The van der Waals surface area contributed by atoms with Crippen LogP contribution in [0.15, 0.2) is 48.9 Å². The minimum Gasteiger partial charge on any atom is -0.492 e. The maximum atomic E-state index is 12.0. The van der Waals surface area contributed by atoms with E-state index in [2.05, 4.69) is 42.4 Å². The molecule has 172 valence electrons. The Balaban J connectivity index is 1.52. The molecule has 10 heteroatoms. The van der Waals surface area contributed by atoms with E-state index in [9.17, 15) is 4.79 Å². The first-order chi connectivity index (χ1) is 16.0.